The lowest BCUT2D eigenvalue weighted by Crippen LogP contribution is -2.31. The molecule has 2 aromatic rings. The first-order valence-electron chi connectivity index (χ1n) is 6.85. The number of hydrogen-bond acceptors (Lipinski definition) is 4. The van der Waals surface area contributed by atoms with Crippen LogP contribution >= 0.6 is 11.6 Å². The smallest absolute Gasteiger partial charge is 0.273 e. The molecule has 1 amide bonds. The van der Waals surface area contributed by atoms with Crippen molar-refractivity contribution in [3.05, 3.63) is 41.0 Å². The second-order valence-electron chi connectivity index (χ2n) is 4.93. The minimum atomic E-state index is -0.262. The molecule has 2 heterocycles. The van der Waals surface area contributed by atoms with Gasteiger partial charge in [-0.05, 0) is 25.0 Å². The van der Waals surface area contributed by atoms with E-state index in [-0.39, 0.29) is 17.7 Å². The molecule has 1 aliphatic heterocycles. The molecule has 3 rings (SSSR count). The van der Waals surface area contributed by atoms with Crippen LogP contribution in [-0.2, 0) is 4.74 Å². The number of nitrogens with zero attached hydrogens (tertiary/aromatic N) is 1. The van der Waals surface area contributed by atoms with Gasteiger partial charge in [0.2, 0.25) is 0 Å². The molecule has 1 aromatic carbocycles. The first-order chi connectivity index (χ1) is 10.2. The van der Waals surface area contributed by atoms with Gasteiger partial charge in [0.15, 0.2) is 11.5 Å². The lowest BCUT2D eigenvalue weighted by molar-refractivity contribution is 0.0850. The number of carbonyl (C=O) groups is 1. The number of nitrogens with one attached hydrogen (secondary N) is 1. The summed E-state index contributed by atoms with van der Waals surface area (Å²) in [6.45, 7) is 1.27. The molecule has 0 bridgehead atoms. The fraction of sp³-hybridized carbons (Fsp3) is 0.333. The van der Waals surface area contributed by atoms with Crippen molar-refractivity contribution in [2.75, 3.05) is 13.2 Å². The van der Waals surface area contributed by atoms with Crippen molar-refractivity contribution in [3.63, 3.8) is 0 Å². The van der Waals surface area contributed by atoms with Crippen molar-refractivity contribution in [3.8, 4) is 11.3 Å². The number of amides is 1. The van der Waals surface area contributed by atoms with Crippen LogP contribution in [0.15, 0.2) is 34.9 Å². The van der Waals surface area contributed by atoms with Crippen LogP contribution in [0.4, 0.5) is 0 Å². The van der Waals surface area contributed by atoms with Crippen LogP contribution in [0, 0.1) is 0 Å². The molecular weight excluding hydrogens is 292 g/mol. The molecular formula is C15H15ClN2O3. The van der Waals surface area contributed by atoms with Gasteiger partial charge in [-0.3, -0.25) is 4.79 Å². The Morgan fingerprint density at radius 1 is 1.43 bits per heavy atom. The molecule has 1 aromatic heterocycles. The van der Waals surface area contributed by atoms with Crippen LogP contribution in [0.3, 0.4) is 0 Å². The zero-order valence-corrected chi connectivity index (χ0v) is 12.1. The number of aromatic nitrogens is 1. The average Bonchev–Trinajstić information content (AvgIpc) is 3.16. The van der Waals surface area contributed by atoms with E-state index >= 15 is 0 Å². The summed E-state index contributed by atoms with van der Waals surface area (Å²) < 4.78 is 10.7. The zero-order valence-electron chi connectivity index (χ0n) is 11.3. The monoisotopic (exact) mass is 306 g/mol. The van der Waals surface area contributed by atoms with E-state index < -0.39 is 0 Å². The second-order valence-corrected chi connectivity index (χ2v) is 5.37. The Morgan fingerprint density at radius 3 is 3.10 bits per heavy atom. The Hall–Kier alpha value is -1.85. The van der Waals surface area contributed by atoms with Crippen LogP contribution in [-0.4, -0.2) is 30.3 Å². The summed E-state index contributed by atoms with van der Waals surface area (Å²) in [5.41, 5.74) is 1.04. The topological polar surface area (TPSA) is 64.4 Å². The molecule has 1 saturated heterocycles. The van der Waals surface area contributed by atoms with Crippen molar-refractivity contribution in [2.24, 2.45) is 0 Å². The molecule has 0 aliphatic carbocycles. The van der Waals surface area contributed by atoms with Gasteiger partial charge < -0.3 is 14.6 Å². The number of hydrogen-bond donors (Lipinski definition) is 1. The summed E-state index contributed by atoms with van der Waals surface area (Å²) in [6, 6.07) is 8.81. The van der Waals surface area contributed by atoms with Gasteiger partial charge in [0.05, 0.1) is 6.10 Å². The molecule has 0 spiro atoms. The van der Waals surface area contributed by atoms with Crippen molar-refractivity contribution in [1.82, 2.24) is 10.5 Å². The van der Waals surface area contributed by atoms with Crippen molar-refractivity contribution in [2.45, 2.75) is 18.9 Å². The quantitative estimate of drug-likeness (QED) is 0.943. The van der Waals surface area contributed by atoms with Gasteiger partial charge in [0, 0.05) is 29.8 Å². The standard InChI is InChI=1S/C15H15ClN2O3/c16-11-4-1-3-10(7-11)14-8-13(18-21-14)15(19)17-9-12-5-2-6-20-12/h1,3-4,7-8,12H,2,5-6,9H2,(H,17,19)/t12-/m0/s1. The SMILES string of the molecule is O=C(NC[C@@H]1CCCO1)c1cc(-c2cccc(Cl)c2)on1. The van der Waals surface area contributed by atoms with Gasteiger partial charge >= 0.3 is 0 Å². The number of ether oxygens (including phenoxy) is 1. The average molecular weight is 307 g/mol. The third kappa shape index (κ3) is 3.43. The van der Waals surface area contributed by atoms with E-state index in [1.807, 2.05) is 12.1 Å². The van der Waals surface area contributed by atoms with E-state index in [0.717, 1.165) is 25.0 Å². The molecule has 5 nitrogen and oxygen atoms in total. The number of rotatable bonds is 4. The summed E-state index contributed by atoms with van der Waals surface area (Å²) in [7, 11) is 0. The molecule has 21 heavy (non-hydrogen) atoms. The number of benzene rings is 1. The molecule has 1 atom stereocenters. The Bertz CT molecular complexity index is 635. The summed E-state index contributed by atoms with van der Waals surface area (Å²) in [5.74, 6) is 0.252. The molecule has 1 N–H and O–H groups in total. The van der Waals surface area contributed by atoms with Crippen LogP contribution in [0.2, 0.25) is 5.02 Å². The van der Waals surface area contributed by atoms with Gasteiger partial charge in [0.1, 0.15) is 0 Å². The van der Waals surface area contributed by atoms with Crippen LogP contribution in [0.5, 0.6) is 0 Å². The fourth-order valence-corrected chi connectivity index (χ4v) is 2.45. The molecule has 1 fully saturated rings. The molecule has 110 valence electrons. The lowest BCUT2D eigenvalue weighted by Gasteiger charge is -2.09. The lowest BCUT2D eigenvalue weighted by atomic mass is 10.1. The van der Waals surface area contributed by atoms with Crippen molar-refractivity contribution in [1.29, 1.82) is 0 Å². The van der Waals surface area contributed by atoms with E-state index in [2.05, 4.69) is 10.5 Å². The molecule has 6 heteroatoms. The predicted molar refractivity (Wildman–Crippen MR) is 78.3 cm³/mol. The maximum atomic E-state index is 12.0. The van der Waals surface area contributed by atoms with E-state index in [1.54, 1.807) is 18.2 Å². The summed E-state index contributed by atoms with van der Waals surface area (Å²) in [4.78, 5) is 12.0. The minimum absolute atomic E-state index is 0.105. The van der Waals surface area contributed by atoms with Gasteiger partial charge in [-0.25, -0.2) is 0 Å². The van der Waals surface area contributed by atoms with Crippen molar-refractivity contribution >= 4 is 17.5 Å². The highest BCUT2D eigenvalue weighted by molar-refractivity contribution is 6.30. The highest BCUT2D eigenvalue weighted by Crippen LogP contribution is 2.23. The van der Waals surface area contributed by atoms with Crippen molar-refractivity contribution < 1.29 is 14.1 Å². The van der Waals surface area contributed by atoms with Gasteiger partial charge in [-0.15, -0.1) is 0 Å². The Kier molecular flexibility index (Phi) is 4.22. The maximum Gasteiger partial charge on any atom is 0.273 e. The largest absolute Gasteiger partial charge is 0.376 e. The third-order valence-electron chi connectivity index (χ3n) is 3.37. The Labute approximate surface area is 127 Å². The zero-order chi connectivity index (χ0) is 14.7. The highest BCUT2D eigenvalue weighted by atomic mass is 35.5. The minimum Gasteiger partial charge on any atom is -0.376 e. The molecule has 0 radical (unpaired) electrons. The van der Waals surface area contributed by atoms with Crippen LogP contribution < -0.4 is 5.32 Å². The molecule has 0 unspecified atom stereocenters. The molecule has 1 aliphatic rings. The summed E-state index contributed by atoms with van der Waals surface area (Å²) in [5, 5.41) is 7.21. The normalized spacial score (nSPS) is 17.9. The summed E-state index contributed by atoms with van der Waals surface area (Å²) in [6.07, 6.45) is 2.13. The summed E-state index contributed by atoms with van der Waals surface area (Å²) >= 11 is 5.93. The number of carbonyl (C=O) groups excluding carboxylic acids is 1. The van der Waals surface area contributed by atoms with Gasteiger partial charge in [-0.1, -0.05) is 28.9 Å². The van der Waals surface area contributed by atoms with E-state index in [4.69, 9.17) is 20.9 Å². The van der Waals surface area contributed by atoms with Crippen LogP contribution in [0.1, 0.15) is 23.3 Å². The third-order valence-corrected chi connectivity index (χ3v) is 3.60. The number of halogens is 1. The van der Waals surface area contributed by atoms with E-state index in [0.29, 0.717) is 17.3 Å². The predicted octanol–water partition coefficient (Wildman–Crippen LogP) is 2.90. The highest BCUT2D eigenvalue weighted by Gasteiger charge is 2.18. The first-order valence-corrected chi connectivity index (χ1v) is 7.22. The van der Waals surface area contributed by atoms with Gasteiger partial charge in [-0.2, -0.15) is 0 Å². The van der Waals surface area contributed by atoms with Gasteiger partial charge in [0.25, 0.3) is 5.91 Å². The molecule has 0 saturated carbocycles. The van der Waals surface area contributed by atoms with E-state index in [9.17, 15) is 4.79 Å². The van der Waals surface area contributed by atoms with E-state index in [1.165, 1.54) is 0 Å². The second kappa shape index (κ2) is 6.28. The maximum absolute atomic E-state index is 12.0. The Balaban J connectivity index is 1.65. The first kappa shape index (κ1) is 14.1. The Morgan fingerprint density at radius 2 is 2.33 bits per heavy atom. The fourth-order valence-electron chi connectivity index (χ4n) is 2.26. The van der Waals surface area contributed by atoms with Crippen LogP contribution in [0.25, 0.3) is 11.3 Å².